The number of ether oxygens (including phenoxy) is 1. The first kappa shape index (κ1) is 12.7. The van der Waals surface area contributed by atoms with Crippen molar-refractivity contribution >= 4 is 5.97 Å². The number of fused-ring (bicyclic) bond motifs is 1. The first-order chi connectivity index (χ1) is 7.79. The third kappa shape index (κ3) is 2.41. The first-order valence-corrected chi connectivity index (χ1v) is 5.74. The Morgan fingerprint density at radius 1 is 1.29 bits per heavy atom. The normalized spacial score (nSPS) is 42.2. The van der Waals surface area contributed by atoms with Gasteiger partial charge in [-0.15, -0.1) is 0 Å². The maximum Gasteiger partial charge on any atom is 0.391 e. The van der Waals surface area contributed by atoms with E-state index in [4.69, 9.17) is 9.84 Å². The van der Waals surface area contributed by atoms with E-state index < -0.39 is 30.1 Å². The zero-order valence-electron chi connectivity index (χ0n) is 9.41. The molecule has 2 aliphatic rings. The monoisotopic (exact) mass is 252 g/mol. The van der Waals surface area contributed by atoms with Crippen molar-refractivity contribution < 1.29 is 27.8 Å². The van der Waals surface area contributed by atoms with Crippen LogP contribution in [0.15, 0.2) is 0 Å². The lowest BCUT2D eigenvalue weighted by molar-refractivity contribution is -0.201. The van der Waals surface area contributed by atoms with Gasteiger partial charge in [0.2, 0.25) is 0 Å². The van der Waals surface area contributed by atoms with Gasteiger partial charge in [-0.2, -0.15) is 13.2 Å². The SMILES string of the molecule is C[C@@H]1C[C@@H]2[C@H](C[C@@H](C(F)(F)F)C[C@@H]2C(=O)O)O1. The molecule has 1 saturated carbocycles. The van der Waals surface area contributed by atoms with Crippen molar-refractivity contribution in [2.24, 2.45) is 17.8 Å². The summed E-state index contributed by atoms with van der Waals surface area (Å²) in [5.41, 5.74) is 0. The number of halogens is 3. The molecule has 0 radical (unpaired) electrons. The van der Waals surface area contributed by atoms with E-state index in [0.717, 1.165) is 0 Å². The second kappa shape index (κ2) is 4.15. The minimum atomic E-state index is -4.33. The van der Waals surface area contributed by atoms with Crippen molar-refractivity contribution in [3.05, 3.63) is 0 Å². The van der Waals surface area contributed by atoms with Gasteiger partial charge in [-0.1, -0.05) is 0 Å². The van der Waals surface area contributed by atoms with Crippen molar-refractivity contribution in [3.8, 4) is 0 Å². The molecule has 5 atom stereocenters. The molecule has 1 saturated heterocycles. The van der Waals surface area contributed by atoms with Crippen molar-refractivity contribution in [3.63, 3.8) is 0 Å². The Balaban J connectivity index is 2.18. The van der Waals surface area contributed by atoms with Crippen LogP contribution in [0.3, 0.4) is 0 Å². The third-order valence-electron chi connectivity index (χ3n) is 3.84. The predicted octanol–water partition coefficient (Wildman–Crippen LogP) is 2.45. The van der Waals surface area contributed by atoms with Crippen LogP contribution in [0, 0.1) is 17.8 Å². The van der Waals surface area contributed by atoms with Crippen molar-refractivity contribution in [2.75, 3.05) is 0 Å². The lowest BCUT2D eigenvalue weighted by Crippen LogP contribution is -2.42. The average Bonchev–Trinajstić information content (AvgIpc) is 2.54. The molecule has 1 N–H and O–H groups in total. The molecule has 1 heterocycles. The second-order valence-electron chi connectivity index (χ2n) is 5.04. The molecule has 3 nitrogen and oxygen atoms in total. The molecule has 0 aromatic heterocycles. The number of hydrogen-bond donors (Lipinski definition) is 1. The van der Waals surface area contributed by atoms with Gasteiger partial charge >= 0.3 is 12.1 Å². The van der Waals surface area contributed by atoms with Crippen molar-refractivity contribution in [2.45, 2.75) is 44.6 Å². The van der Waals surface area contributed by atoms with Crippen LogP contribution in [0.4, 0.5) is 13.2 Å². The minimum Gasteiger partial charge on any atom is -0.481 e. The van der Waals surface area contributed by atoms with Crippen LogP contribution in [0.1, 0.15) is 26.2 Å². The topological polar surface area (TPSA) is 46.5 Å². The third-order valence-corrected chi connectivity index (χ3v) is 3.84. The molecular weight excluding hydrogens is 237 g/mol. The molecule has 17 heavy (non-hydrogen) atoms. The van der Waals surface area contributed by atoms with Crippen LogP contribution in [-0.4, -0.2) is 29.5 Å². The standard InChI is InChI=1S/C11H15F3O3/c1-5-2-7-8(10(15)16)3-6(11(12,13)14)4-9(7)17-5/h5-9H,2-4H2,1H3,(H,15,16)/t5-,6+,7+,8+,9+/m1/s1. The Labute approximate surface area is 96.9 Å². The summed E-state index contributed by atoms with van der Waals surface area (Å²) >= 11 is 0. The van der Waals surface area contributed by atoms with E-state index in [1.807, 2.05) is 0 Å². The first-order valence-electron chi connectivity index (χ1n) is 5.74. The highest BCUT2D eigenvalue weighted by molar-refractivity contribution is 5.70. The fourth-order valence-corrected chi connectivity index (χ4v) is 3.05. The van der Waals surface area contributed by atoms with Crippen LogP contribution in [0.2, 0.25) is 0 Å². The molecule has 0 aromatic carbocycles. The van der Waals surface area contributed by atoms with E-state index in [9.17, 15) is 18.0 Å². The molecule has 0 bridgehead atoms. The summed E-state index contributed by atoms with van der Waals surface area (Å²) < 4.78 is 43.5. The number of rotatable bonds is 1. The van der Waals surface area contributed by atoms with E-state index in [2.05, 4.69) is 0 Å². The molecule has 0 spiro atoms. The molecule has 6 heteroatoms. The molecule has 0 aromatic rings. The van der Waals surface area contributed by atoms with Crippen LogP contribution in [0.5, 0.6) is 0 Å². The van der Waals surface area contributed by atoms with Gasteiger partial charge in [0.1, 0.15) is 0 Å². The Bertz CT molecular complexity index is 316. The van der Waals surface area contributed by atoms with Gasteiger partial charge in [0.25, 0.3) is 0 Å². The van der Waals surface area contributed by atoms with E-state index in [0.29, 0.717) is 6.42 Å². The summed E-state index contributed by atoms with van der Waals surface area (Å²) in [5, 5.41) is 9.03. The number of alkyl halides is 3. The fourth-order valence-electron chi connectivity index (χ4n) is 3.05. The van der Waals surface area contributed by atoms with E-state index in [-0.39, 0.29) is 24.9 Å². The Morgan fingerprint density at radius 3 is 2.47 bits per heavy atom. The Morgan fingerprint density at radius 2 is 1.94 bits per heavy atom. The van der Waals surface area contributed by atoms with Gasteiger partial charge in [0.15, 0.2) is 0 Å². The zero-order valence-corrected chi connectivity index (χ0v) is 9.41. The van der Waals surface area contributed by atoms with Crippen molar-refractivity contribution in [1.29, 1.82) is 0 Å². The number of carboxylic acid groups (broad SMARTS) is 1. The molecule has 2 fully saturated rings. The van der Waals surface area contributed by atoms with Gasteiger partial charge in [-0.3, -0.25) is 4.79 Å². The molecule has 1 aliphatic heterocycles. The molecule has 1 aliphatic carbocycles. The molecule has 98 valence electrons. The molecule has 2 rings (SSSR count). The second-order valence-corrected chi connectivity index (χ2v) is 5.04. The Kier molecular flexibility index (Phi) is 3.10. The predicted molar refractivity (Wildman–Crippen MR) is 52.3 cm³/mol. The largest absolute Gasteiger partial charge is 0.481 e. The van der Waals surface area contributed by atoms with E-state index >= 15 is 0 Å². The summed E-state index contributed by atoms with van der Waals surface area (Å²) in [6.07, 6.45) is -4.87. The maximum atomic E-state index is 12.7. The average molecular weight is 252 g/mol. The number of hydrogen-bond acceptors (Lipinski definition) is 2. The van der Waals surface area contributed by atoms with Gasteiger partial charge in [-0.25, -0.2) is 0 Å². The summed E-state index contributed by atoms with van der Waals surface area (Å²) in [7, 11) is 0. The molecular formula is C11H15F3O3. The van der Waals surface area contributed by atoms with Gasteiger partial charge in [0.05, 0.1) is 24.0 Å². The van der Waals surface area contributed by atoms with E-state index in [1.54, 1.807) is 6.92 Å². The minimum absolute atomic E-state index is 0.0950. The lowest BCUT2D eigenvalue weighted by Gasteiger charge is -2.36. The number of carboxylic acids is 1. The quantitative estimate of drug-likeness (QED) is 0.779. The Hall–Kier alpha value is -0.780. The summed E-state index contributed by atoms with van der Waals surface area (Å²) in [5.74, 6) is -3.87. The highest BCUT2D eigenvalue weighted by Gasteiger charge is 2.53. The highest BCUT2D eigenvalue weighted by Crippen LogP contribution is 2.48. The number of aliphatic carboxylic acids is 1. The fraction of sp³-hybridized carbons (Fsp3) is 0.909. The van der Waals surface area contributed by atoms with Gasteiger partial charge < -0.3 is 9.84 Å². The van der Waals surface area contributed by atoms with Crippen LogP contribution >= 0.6 is 0 Å². The van der Waals surface area contributed by atoms with Crippen molar-refractivity contribution in [1.82, 2.24) is 0 Å². The van der Waals surface area contributed by atoms with E-state index in [1.165, 1.54) is 0 Å². The smallest absolute Gasteiger partial charge is 0.391 e. The van der Waals surface area contributed by atoms with Gasteiger partial charge in [0, 0.05) is 5.92 Å². The zero-order chi connectivity index (χ0) is 12.8. The van der Waals surface area contributed by atoms with Crippen LogP contribution in [0.25, 0.3) is 0 Å². The van der Waals surface area contributed by atoms with Crippen LogP contribution in [-0.2, 0) is 9.53 Å². The summed E-state index contributed by atoms with van der Waals surface area (Å²) in [4.78, 5) is 11.1. The molecule has 0 unspecified atom stereocenters. The highest BCUT2D eigenvalue weighted by atomic mass is 19.4. The summed E-state index contributed by atoms with van der Waals surface area (Å²) in [6, 6.07) is 0. The maximum absolute atomic E-state index is 12.7. The van der Waals surface area contributed by atoms with Gasteiger partial charge in [-0.05, 0) is 26.2 Å². The lowest BCUT2D eigenvalue weighted by atomic mass is 9.71. The van der Waals surface area contributed by atoms with Crippen LogP contribution < -0.4 is 0 Å². The molecule has 0 amide bonds. The number of carbonyl (C=O) groups is 1. The summed E-state index contributed by atoms with van der Waals surface area (Å²) in [6.45, 7) is 1.78.